The van der Waals surface area contributed by atoms with Gasteiger partial charge in [0.2, 0.25) is 0 Å². The maximum Gasteiger partial charge on any atom is 0.189 e. The van der Waals surface area contributed by atoms with Crippen molar-refractivity contribution in [3.05, 3.63) is 35.4 Å². The molecule has 0 atom stereocenters. The Morgan fingerprint density at radius 3 is 2.71 bits per heavy atom. The number of benzene rings is 1. The number of nitrogens with zero attached hydrogens (tertiary/aromatic N) is 1. The van der Waals surface area contributed by atoms with Crippen molar-refractivity contribution in [2.45, 2.75) is 51.3 Å². The van der Waals surface area contributed by atoms with Crippen molar-refractivity contribution in [2.75, 3.05) is 7.11 Å². The Balaban J connectivity index is 0.00000220. The summed E-state index contributed by atoms with van der Waals surface area (Å²) < 4.78 is 5.14. The molecular weight excluding hydrogens is 377 g/mol. The van der Waals surface area contributed by atoms with Crippen molar-refractivity contribution >= 4 is 29.9 Å². The number of guanidine groups is 1. The van der Waals surface area contributed by atoms with Gasteiger partial charge >= 0.3 is 0 Å². The normalized spacial score (nSPS) is 16.3. The Bertz CT molecular complexity index is 445. The fourth-order valence-corrected chi connectivity index (χ4v) is 2.66. The van der Waals surface area contributed by atoms with Crippen molar-refractivity contribution in [1.82, 2.24) is 5.32 Å². The van der Waals surface area contributed by atoms with Crippen LogP contribution in [-0.2, 0) is 17.9 Å². The lowest BCUT2D eigenvalue weighted by Crippen LogP contribution is -2.41. The van der Waals surface area contributed by atoms with Crippen LogP contribution in [0.15, 0.2) is 29.3 Å². The molecule has 4 nitrogen and oxygen atoms in total. The highest BCUT2D eigenvalue weighted by Crippen LogP contribution is 2.17. The van der Waals surface area contributed by atoms with Crippen molar-refractivity contribution in [3.8, 4) is 0 Å². The third-order valence-corrected chi connectivity index (χ3v) is 3.69. The zero-order valence-electron chi connectivity index (χ0n) is 12.7. The largest absolute Gasteiger partial charge is 0.380 e. The van der Waals surface area contributed by atoms with Gasteiger partial charge in [-0.1, -0.05) is 43.5 Å². The van der Waals surface area contributed by atoms with E-state index in [2.05, 4.69) is 28.5 Å². The number of halogens is 1. The second-order valence-corrected chi connectivity index (χ2v) is 5.43. The fraction of sp³-hybridized carbons (Fsp3) is 0.562. The second kappa shape index (κ2) is 10.00. The summed E-state index contributed by atoms with van der Waals surface area (Å²) in [6.07, 6.45) is 6.36. The first-order valence-electron chi connectivity index (χ1n) is 7.41. The molecule has 0 aromatic heterocycles. The standard InChI is InChI=1S/C16H25N3O.HI/c1-20-12-14-7-5-6-13(10-14)11-18-16(17)19-15-8-3-2-4-9-15;/h5-7,10,15H,2-4,8-9,11-12H2,1H3,(H3,17,18,19);1H. The molecule has 5 heteroatoms. The van der Waals surface area contributed by atoms with Crippen molar-refractivity contribution in [2.24, 2.45) is 10.7 Å². The van der Waals surface area contributed by atoms with E-state index in [9.17, 15) is 0 Å². The smallest absolute Gasteiger partial charge is 0.189 e. The maximum atomic E-state index is 5.96. The highest BCUT2D eigenvalue weighted by Gasteiger charge is 2.13. The number of nitrogens with one attached hydrogen (secondary N) is 1. The van der Waals surface area contributed by atoms with Gasteiger partial charge in [0.1, 0.15) is 0 Å². The Kier molecular flexibility index (Phi) is 8.68. The Labute approximate surface area is 144 Å². The lowest BCUT2D eigenvalue weighted by Gasteiger charge is -2.23. The Morgan fingerprint density at radius 2 is 2.00 bits per heavy atom. The summed E-state index contributed by atoms with van der Waals surface area (Å²) in [5.41, 5.74) is 8.29. The average molecular weight is 403 g/mol. The monoisotopic (exact) mass is 403 g/mol. The molecule has 3 N–H and O–H groups in total. The fourth-order valence-electron chi connectivity index (χ4n) is 2.66. The third kappa shape index (κ3) is 6.65. The molecule has 0 heterocycles. The van der Waals surface area contributed by atoms with Crippen LogP contribution in [0.25, 0.3) is 0 Å². The number of hydrogen-bond donors (Lipinski definition) is 2. The summed E-state index contributed by atoms with van der Waals surface area (Å²) in [4.78, 5) is 4.43. The zero-order valence-corrected chi connectivity index (χ0v) is 15.0. The van der Waals surface area contributed by atoms with Gasteiger partial charge in [0, 0.05) is 13.2 Å². The van der Waals surface area contributed by atoms with Gasteiger partial charge in [0.25, 0.3) is 0 Å². The lowest BCUT2D eigenvalue weighted by molar-refractivity contribution is 0.185. The Hall–Kier alpha value is -0.820. The SMILES string of the molecule is COCc1cccc(CN=C(N)NC2CCCCC2)c1.I. The molecule has 1 saturated carbocycles. The number of hydrogen-bond acceptors (Lipinski definition) is 2. The quantitative estimate of drug-likeness (QED) is 0.451. The van der Waals surface area contributed by atoms with Crippen molar-refractivity contribution in [1.29, 1.82) is 0 Å². The van der Waals surface area contributed by atoms with Gasteiger partial charge in [-0.15, -0.1) is 24.0 Å². The van der Waals surface area contributed by atoms with Crippen LogP contribution in [0.5, 0.6) is 0 Å². The van der Waals surface area contributed by atoms with Gasteiger partial charge in [0.05, 0.1) is 13.2 Å². The van der Waals surface area contributed by atoms with Crippen LogP contribution >= 0.6 is 24.0 Å². The van der Waals surface area contributed by atoms with Gasteiger partial charge in [-0.3, -0.25) is 0 Å². The van der Waals surface area contributed by atoms with Gasteiger partial charge < -0.3 is 15.8 Å². The summed E-state index contributed by atoms with van der Waals surface area (Å²) in [6, 6.07) is 8.77. The van der Waals surface area contributed by atoms with E-state index in [0.29, 0.717) is 25.2 Å². The molecular formula is C16H26IN3O. The summed E-state index contributed by atoms with van der Waals surface area (Å²) >= 11 is 0. The predicted molar refractivity (Wildman–Crippen MR) is 97.9 cm³/mol. The van der Waals surface area contributed by atoms with E-state index in [1.807, 2.05) is 6.07 Å². The van der Waals surface area contributed by atoms with E-state index in [1.165, 1.54) is 37.7 Å². The number of ether oxygens (including phenoxy) is 1. The topological polar surface area (TPSA) is 59.6 Å². The highest BCUT2D eigenvalue weighted by atomic mass is 127. The molecule has 0 saturated heterocycles. The molecule has 1 aliphatic rings. The molecule has 0 amide bonds. The van der Waals surface area contributed by atoms with Crippen LogP contribution in [0.4, 0.5) is 0 Å². The minimum atomic E-state index is 0. The molecule has 0 unspecified atom stereocenters. The predicted octanol–water partition coefficient (Wildman–Crippen LogP) is 3.19. The molecule has 0 bridgehead atoms. The van der Waals surface area contributed by atoms with E-state index >= 15 is 0 Å². The minimum Gasteiger partial charge on any atom is -0.380 e. The van der Waals surface area contributed by atoms with Crippen LogP contribution in [0.1, 0.15) is 43.2 Å². The Morgan fingerprint density at radius 1 is 1.29 bits per heavy atom. The van der Waals surface area contributed by atoms with Gasteiger partial charge in [-0.25, -0.2) is 4.99 Å². The summed E-state index contributed by atoms with van der Waals surface area (Å²) in [6.45, 7) is 1.25. The van der Waals surface area contributed by atoms with Crippen LogP contribution in [0.3, 0.4) is 0 Å². The minimum absolute atomic E-state index is 0. The molecule has 0 radical (unpaired) electrons. The summed E-state index contributed by atoms with van der Waals surface area (Å²) in [5, 5.41) is 3.33. The molecule has 0 aliphatic heterocycles. The summed E-state index contributed by atoms with van der Waals surface area (Å²) in [7, 11) is 1.71. The van der Waals surface area contributed by atoms with E-state index in [0.717, 1.165) is 5.56 Å². The van der Waals surface area contributed by atoms with Crippen molar-refractivity contribution in [3.63, 3.8) is 0 Å². The molecule has 21 heavy (non-hydrogen) atoms. The maximum absolute atomic E-state index is 5.96. The zero-order chi connectivity index (χ0) is 14.2. The number of methoxy groups -OCH3 is 1. The van der Waals surface area contributed by atoms with Crippen LogP contribution in [0.2, 0.25) is 0 Å². The van der Waals surface area contributed by atoms with Crippen LogP contribution in [0, 0.1) is 0 Å². The first-order chi connectivity index (χ1) is 9.78. The second-order valence-electron chi connectivity index (χ2n) is 5.43. The van der Waals surface area contributed by atoms with E-state index < -0.39 is 0 Å². The van der Waals surface area contributed by atoms with Crippen LogP contribution < -0.4 is 11.1 Å². The molecule has 118 valence electrons. The molecule has 1 fully saturated rings. The summed E-state index contributed by atoms with van der Waals surface area (Å²) in [5.74, 6) is 0.564. The molecule has 0 spiro atoms. The van der Waals surface area contributed by atoms with Gasteiger partial charge in [-0.05, 0) is 24.0 Å². The van der Waals surface area contributed by atoms with Gasteiger partial charge in [-0.2, -0.15) is 0 Å². The van der Waals surface area contributed by atoms with E-state index in [-0.39, 0.29) is 24.0 Å². The number of rotatable bonds is 5. The molecule has 1 aromatic rings. The van der Waals surface area contributed by atoms with E-state index in [4.69, 9.17) is 10.5 Å². The first kappa shape index (κ1) is 18.2. The van der Waals surface area contributed by atoms with Crippen LogP contribution in [-0.4, -0.2) is 19.1 Å². The third-order valence-electron chi connectivity index (χ3n) is 3.69. The van der Waals surface area contributed by atoms with Crippen molar-refractivity contribution < 1.29 is 4.74 Å². The molecule has 1 aliphatic carbocycles. The highest BCUT2D eigenvalue weighted by molar-refractivity contribution is 14.0. The van der Waals surface area contributed by atoms with Gasteiger partial charge in [0.15, 0.2) is 5.96 Å². The number of nitrogens with two attached hydrogens (primary N) is 1. The lowest BCUT2D eigenvalue weighted by atomic mass is 9.96. The first-order valence-corrected chi connectivity index (χ1v) is 7.41. The average Bonchev–Trinajstić information content (AvgIpc) is 2.47. The molecule has 1 aromatic carbocycles. The molecule has 2 rings (SSSR count). The van der Waals surface area contributed by atoms with E-state index in [1.54, 1.807) is 7.11 Å². The number of aliphatic imine (C=N–C) groups is 1.